The lowest BCUT2D eigenvalue weighted by molar-refractivity contribution is -0.137. The van der Waals surface area contributed by atoms with Gasteiger partial charge in [-0.15, -0.1) is 0 Å². The van der Waals surface area contributed by atoms with Crippen LogP contribution in [0.25, 0.3) is 0 Å². The van der Waals surface area contributed by atoms with Gasteiger partial charge in [-0.3, -0.25) is 4.79 Å². The summed E-state index contributed by atoms with van der Waals surface area (Å²) in [5, 5.41) is 8.65. The van der Waals surface area contributed by atoms with Crippen LogP contribution in [0.2, 0.25) is 0 Å². The third kappa shape index (κ3) is 3.81. The summed E-state index contributed by atoms with van der Waals surface area (Å²) in [4.78, 5) is 10.6. The molecule has 0 amide bonds. The van der Waals surface area contributed by atoms with Crippen LogP contribution in [0.15, 0.2) is 30.3 Å². The Morgan fingerprint density at radius 2 is 2.05 bits per heavy atom. The summed E-state index contributed by atoms with van der Waals surface area (Å²) in [5.41, 5.74) is 1.14. The number of benzene rings is 1. The third-order valence-electron chi connectivity index (χ3n) is 3.78. The molecule has 1 atom stereocenters. The first kappa shape index (κ1) is 15.9. The van der Waals surface area contributed by atoms with Crippen LogP contribution in [0.4, 0.5) is 0 Å². The van der Waals surface area contributed by atoms with Gasteiger partial charge in [-0.05, 0) is 17.9 Å². The Labute approximate surface area is 125 Å². The van der Waals surface area contributed by atoms with E-state index in [0.717, 1.165) is 16.3 Å². The molecule has 2 rings (SSSR count). The SMILES string of the molecule is CN(CCC(=O)O)S(=O)(=O)N1CCC(c2ccccc2)C1. The van der Waals surface area contributed by atoms with Gasteiger partial charge in [-0.25, -0.2) is 0 Å². The molecule has 0 saturated carbocycles. The second-order valence-electron chi connectivity index (χ2n) is 5.23. The van der Waals surface area contributed by atoms with E-state index in [9.17, 15) is 13.2 Å². The van der Waals surface area contributed by atoms with Gasteiger partial charge >= 0.3 is 5.97 Å². The van der Waals surface area contributed by atoms with Crippen LogP contribution in [0.5, 0.6) is 0 Å². The van der Waals surface area contributed by atoms with Crippen LogP contribution in [0.1, 0.15) is 24.3 Å². The molecule has 0 aromatic heterocycles. The van der Waals surface area contributed by atoms with Crippen molar-refractivity contribution in [2.24, 2.45) is 0 Å². The molecule has 1 fully saturated rings. The van der Waals surface area contributed by atoms with Crippen molar-refractivity contribution in [2.45, 2.75) is 18.8 Å². The molecule has 1 aliphatic heterocycles. The minimum atomic E-state index is -3.57. The molecule has 1 saturated heterocycles. The fourth-order valence-electron chi connectivity index (χ4n) is 2.50. The third-order valence-corrected chi connectivity index (χ3v) is 5.74. The second-order valence-corrected chi connectivity index (χ2v) is 7.26. The molecule has 1 unspecified atom stereocenters. The van der Waals surface area contributed by atoms with E-state index in [0.29, 0.717) is 13.1 Å². The Kier molecular flexibility index (Phi) is 4.97. The molecule has 0 bridgehead atoms. The lowest BCUT2D eigenvalue weighted by Gasteiger charge is -2.23. The zero-order chi connectivity index (χ0) is 15.5. The molecule has 116 valence electrons. The summed E-state index contributed by atoms with van der Waals surface area (Å²) in [6, 6.07) is 9.85. The van der Waals surface area contributed by atoms with E-state index >= 15 is 0 Å². The second kappa shape index (κ2) is 6.55. The van der Waals surface area contributed by atoms with Gasteiger partial charge in [0.1, 0.15) is 0 Å². The molecule has 6 nitrogen and oxygen atoms in total. The standard InChI is InChI=1S/C14H20N2O4S/c1-15(9-8-14(17)18)21(19,20)16-10-7-13(11-16)12-5-3-2-4-6-12/h2-6,13H,7-11H2,1H3,(H,17,18). The molecule has 7 heteroatoms. The number of carboxylic acid groups (broad SMARTS) is 1. The Balaban J connectivity index is 2.01. The number of hydrogen-bond acceptors (Lipinski definition) is 3. The average Bonchev–Trinajstić information content (AvgIpc) is 2.96. The minimum absolute atomic E-state index is 0.00975. The van der Waals surface area contributed by atoms with E-state index in [2.05, 4.69) is 0 Å². The molecule has 0 radical (unpaired) electrons. The van der Waals surface area contributed by atoms with E-state index in [1.807, 2.05) is 30.3 Å². The number of hydrogen-bond donors (Lipinski definition) is 1. The molecule has 1 heterocycles. The van der Waals surface area contributed by atoms with E-state index in [-0.39, 0.29) is 18.9 Å². The molecule has 0 spiro atoms. The van der Waals surface area contributed by atoms with Crippen LogP contribution in [0.3, 0.4) is 0 Å². The van der Waals surface area contributed by atoms with Crippen molar-refractivity contribution in [1.29, 1.82) is 0 Å². The Morgan fingerprint density at radius 3 is 2.67 bits per heavy atom. The van der Waals surface area contributed by atoms with Crippen LogP contribution in [-0.2, 0) is 15.0 Å². The van der Waals surface area contributed by atoms with Crippen molar-refractivity contribution < 1.29 is 18.3 Å². The Hall–Kier alpha value is -1.44. The molecule has 0 aliphatic carbocycles. The summed E-state index contributed by atoms with van der Waals surface area (Å²) < 4.78 is 27.3. The van der Waals surface area contributed by atoms with Gasteiger partial charge in [0.25, 0.3) is 10.2 Å². The first-order valence-electron chi connectivity index (χ1n) is 6.89. The van der Waals surface area contributed by atoms with Crippen molar-refractivity contribution in [3.8, 4) is 0 Å². The number of carboxylic acids is 1. The van der Waals surface area contributed by atoms with Gasteiger partial charge in [0.15, 0.2) is 0 Å². The topological polar surface area (TPSA) is 77.9 Å². The van der Waals surface area contributed by atoms with Crippen LogP contribution < -0.4 is 0 Å². The fourth-order valence-corrected chi connectivity index (χ4v) is 3.92. The normalized spacial score (nSPS) is 20.0. The van der Waals surface area contributed by atoms with Crippen molar-refractivity contribution in [3.63, 3.8) is 0 Å². The maximum atomic E-state index is 12.4. The zero-order valence-corrected chi connectivity index (χ0v) is 12.8. The predicted molar refractivity (Wildman–Crippen MR) is 79.2 cm³/mol. The largest absolute Gasteiger partial charge is 0.481 e. The highest BCUT2D eigenvalue weighted by molar-refractivity contribution is 7.86. The molecule has 21 heavy (non-hydrogen) atoms. The average molecular weight is 312 g/mol. The number of aliphatic carboxylic acids is 1. The van der Waals surface area contributed by atoms with Crippen LogP contribution >= 0.6 is 0 Å². The van der Waals surface area contributed by atoms with Gasteiger partial charge in [0.2, 0.25) is 0 Å². The van der Waals surface area contributed by atoms with Gasteiger partial charge < -0.3 is 5.11 Å². The first-order valence-corrected chi connectivity index (χ1v) is 8.29. The van der Waals surface area contributed by atoms with Gasteiger partial charge in [0.05, 0.1) is 6.42 Å². The van der Waals surface area contributed by atoms with Crippen molar-refractivity contribution in [1.82, 2.24) is 8.61 Å². The van der Waals surface area contributed by atoms with Crippen LogP contribution in [0, 0.1) is 0 Å². The highest BCUT2D eigenvalue weighted by Gasteiger charge is 2.34. The maximum Gasteiger partial charge on any atom is 0.304 e. The molecule has 1 N–H and O–H groups in total. The Morgan fingerprint density at radius 1 is 1.38 bits per heavy atom. The summed E-state index contributed by atoms with van der Waals surface area (Å²) in [6.45, 7) is 0.910. The van der Waals surface area contributed by atoms with Crippen molar-refractivity contribution in [3.05, 3.63) is 35.9 Å². The number of carbonyl (C=O) groups is 1. The summed E-state index contributed by atoms with van der Waals surface area (Å²) >= 11 is 0. The zero-order valence-electron chi connectivity index (χ0n) is 12.0. The molecular weight excluding hydrogens is 292 g/mol. The number of rotatable bonds is 6. The lowest BCUT2D eigenvalue weighted by atomic mass is 9.99. The maximum absolute atomic E-state index is 12.4. The molecule has 1 aromatic carbocycles. The van der Waals surface area contributed by atoms with Crippen molar-refractivity contribution in [2.75, 3.05) is 26.7 Å². The van der Waals surface area contributed by atoms with Gasteiger partial charge in [-0.1, -0.05) is 30.3 Å². The summed E-state index contributed by atoms with van der Waals surface area (Å²) in [5.74, 6) is -0.797. The van der Waals surface area contributed by atoms with E-state index < -0.39 is 16.2 Å². The smallest absolute Gasteiger partial charge is 0.304 e. The quantitative estimate of drug-likeness (QED) is 0.854. The highest BCUT2D eigenvalue weighted by atomic mass is 32.2. The van der Waals surface area contributed by atoms with Crippen molar-refractivity contribution >= 4 is 16.2 Å². The molecule has 1 aliphatic rings. The summed E-state index contributed by atoms with van der Waals surface area (Å²) in [6.07, 6.45) is 0.599. The van der Waals surface area contributed by atoms with E-state index in [1.54, 1.807) is 0 Å². The summed E-state index contributed by atoms with van der Waals surface area (Å²) in [7, 11) is -2.15. The number of nitrogens with zero attached hydrogens (tertiary/aromatic N) is 2. The lowest BCUT2D eigenvalue weighted by Crippen LogP contribution is -2.41. The minimum Gasteiger partial charge on any atom is -0.481 e. The molecular formula is C14H20N2O4S. The van der Waals surface area contributed by atoms with Gasteiger partial charge in [0, 0.05) is 26.7 Å². The van der Waals surface area contributed by atoms with E-state index in [1.165, 1.54) is 11.4 Å². The predicted octanol–water partition coefficient (Wildman–Crippen LogP) is 1.13. The van der Waals surface area contributed by atoms with Gasteiger partial charge in [-0.2, -0.15) is 17.0 Å². The molecule has 1 aromatic rings. The fraction of sp³-hybridized carbons (Fsp3) is 0.500. The highest BCUT2D eigenvalue weighted by Crippen LogP contribution is 2.29. The Bertz CT molecular complexity index is 588. The van der Waals surface area contributed by atoms with Crippen LogP contribution in [-0.4, -0.2) is 54.8 Å². The monoisotopic (exact) mass is 312 g/mol. The van der Waals surface area contributed by atoms with E-state index in [4.69, 9.17) is 5.11 Å². The first-order chi connectivity index (χ1) is 9.91.